The van der Waals surface area contributed by atoms with E-state index in [9.17, 15) is 27.2 Å². The Labute approximate surface area is 220 Å². The zero-order chi connectivity index (χ0) is 28.0. The van der Waals surface area contributed by atoms with Gasteiger partial charge in [-0.1, -0.05) is 6.07 Å². The highest BCUT2D eigenvalue weighted by atomic mass is 19.4. The van der Waals surface area contributed by atoms with Gasteiger partial charge in [0.1, 0.15) is 35.6 Å². The Morgan fingerprint density at radius 3 is 2.28 bits per heavy atom. The van der Waals surface area contributed by atoms with Gasteiger partial charge >= 0.3 is 6.18 Å². The average Bonchev–Trinajstić information content (AvgIpc) is 3.29. The van der Waals surface area contributed by atoms with Gasteiger partial charge < -0.3 is 19.9 Å². The number of nitrogens with one attached hydrogen (secondary N) is 2. The highest BCUT2D eigenvalue weighted by molar-refractivity contribution is 5.97. The van der Waals surface area contributed by atoms with E-state index in [1.54, 1.807) is 54.2 Å². The van der Waals surface area contributed by atoms with Crippen LogP contribution in [0.25, 0.3) is 11.3 Å². The summed E-state index contributed by atoms with van der Waals surface area (Å²) in [5.74, 6) is -1.33. The Kier molecular flexibility index (Phi) is 8.23. The van der Waals surface area contributed by atoms with E-state index in [0.717, 1.165) is 0 Å². The number of hydrogen-bond donors (Lipinski definition) is 2. The monoisotopic (exact) mass is 541 g/mol. The molecule has 0 aliphatic rings. The summed E-state index contributed by atoms with van der Waals surface area (Å²) in [6.07, 6.45) is -3.48. The standard InChI is InChI=1S/C27H23F4N5O3/c1-36-15-19(32-16-36)13-23(34-25(37)14-27(29,30)31)26(38)35-24-4-2-3-22(33-24)17-5-9-20(10-6-17)39-21-11-7-18(28)8-12-21/h2-12,15-16,23H,13-14H2,1H3,(H,34,37)(H,33,35,38). The third kappa shape index (κ3) is 8.12. The van der Waals surface area contributed by atoms with Gasteiger partial charge in [0, 0.05) is 25.2 Å². The SMILES string of the molecule is Cn1cnc(CC(NC(=O)CC(F)(F)F)C(=O)Nc2cccc(-c3ccc(Oc4ccc(F)cc4)cc3)n2)c1. The van der Waals surface area contributed by atoms with Crippen molar-refractivity contribution in [2.75, 3.05) is 5.32 Å². The lowest BCUT2D eigenvalue weighted by Gasteiger charge is -2.18. The molecule has 12 heteroatoms. The zero-order valence-electron chi connectivity index (χ0n) is 20.6. The fourth-order valence-corrected chi connectivity index (χ4v) is 3.63. The van der Waals surface area contributed by atoms with Crippen molar-refractivity contribution in [3.8, 4) is 22.8 Å². The van der Waals surface area contributed by atoms with Crippen LogP contribution in [0.5, 0.6) is 11.5 Å². The topological polar surface area (TPSA) is 98.1 Å². The molecule has 2 N–H and O–H groups in total. The van der Waals surface area contributed by atoms with Crippen LogP contribution in [0.4, 0.5) is 23.4 Å². The summed E-state index contributed by atoms with van der Waals surface area (Å²) in [5.41, 5.74) is 1.61. The highest BCUT2D eigenvalue weighted by Gasteiger charge is 2.33. The summed E-state index contributed by atoms with van der Waals surface area (Å²) in [4.78, 5) is 33.4. The maximum absolute atomic E-state index is 13.1. The number of pyridine rings is 1. The van der Waals surface area contributed by atoms with Crippen molar-refractivity contribution in [1.82, 2.24) is 19.9 Å². The minimum absolute atomic E-state index is 0.120. The number of carbonyl (C=O) groups is 2. The van der Waals surface area contributed by atoms with E-state index in [1.165, 1.54) is 36.7 Å². The van der Waals surface area contributed by atoms with Crippen LogP contribution in [0.15, 0.2) is 79.3 Å². The molecule has 4 aromatic rings. The van der Waals surface area contributed by atoms with Crippen molar-refractivity contribution in [2.45, 2.75) is 25.1 Å². The van der Waals surface area contributed by atoms with Crippen molar-refractivity contribution < 1.29 is 31.9 Å². The summed E-state index contributed by atoms with van der Waals surface area (Å²) in [5, 5.41) is 4.70. The maximum Gasteiger partial charge on any atom is 0.397 e. The number of aromatic nitrogens is 3. The molecule has 2 heterocycles. The van der Waals surface area contributed by atoms with Crippen molar-refractivity contribution >= 4 is 17.6 Å². The van der Waals surface area contributed by atoms with E-state index in [1.807, 2.05) is 0 Å². The van der Waals surface area contributed by atoms with Gasteiger partial charge in [0.15, 0.2) is 0 Å². The third-order valence-electron chi connectivity index (χ3n) is 5.38. The van der Waals surface area contributed by atoms with Crippen molar-refractivity contribution in [3.63, 3.8) is 0 Å². The van der Waals surface area contributed by atoms with E-state index in [-0.39, 0.29) is 18.1 Å². The number of nitrogens with zero attached hydrogens (tertiary/aromatic N) is 3. The van der Waals surface area contributed by atoms with E-state index >= 15 is 0 Å². The van der Waals surface area contributed by atoms with Gasteiger partial charge in [0.2, 0.25) is 11.8 Å². The van der Waals surface area contributed by atoms with E-state index in [4.69, 9.17) is 4.74 Å². The molecule has 8 nitrogen and oxygen atoms in total. The second kappa shape index (κ2) is 11.8. The molecule has 2 aromatic carbocycles. The average molecular weight is 542 g/mol. The molecule has 1 atom stereocenters. The predicted molar refractivity (Wildman–Crippen MR) is 134 cm³/mol. The number of aryl methyl sites for hydroxylation is 1. The summed E-state index contributed by atoms with van der Waals surface area (Å²) in [6, 6.07) is 16.0. The Morgan fingerprint density at radius 1 is 1.00 bits per heavy atom. The number of halogens is 4. The quantitative estimate of drug-likeness (QED) is 0.290. The molecule has 39 heavy (non-hydrogen) atoms. The smallest absolute Gasteiger partial charge is 0.397 e. The molecule has 2 aromatic heterocycles. The van der Waals surface area contributed by atoms with E-state index < -0.39 is 30.5 Å². The lowest BCUT2D eigenvalue weighted by atomic mass is 10.1. The fraction of sp³-hybridized carbons (Fsp3) is 0.185. The lowest BCUT2D eigenvalue weighted by Crippen LogP contribution is -2.46. The van der Waals surface area contributed by atoms with Gasteiger partial charge in [-0.2, -0.15) is 13.2 Å². The first kappa shape index (κ1) is 27.3. The molecular formula is C27H23F4N5O3. The fourth-order valence-electron chi connectivity index (χ4n) is 3.63. The van der Waals surface area contributed by atoms with Crippen molar-refractivity contribution in [3.05, 3.63) is 90.8 Å². The van der Waals surface area contributed by atoms with Gasteiger partial charge in [0.25, 0.3) is 0 Å². The summed E-state index contributed by atoms with van der Waals surface area (Å²) in [6.45, 7) is 0. The molecule has 0 spiro atoms. The van der Waals surface area contributed by atoms with Crippen LogP contribution in [-0.4, -0.2) is 38.6 Å². The van der Waals surface area contributed by atoms with Crippen LogP contribution >= 0.6 is 0 Å². The first-order chi connectivity index (χ1) is 18.5. The molecule has 0 aliphatic carbocycles. The number of imidazole rings is 1. The van der Waals surface area contributed by atoms with Crippen LogP contribution in [0, 0.1) is 5.82 Å². The number of carbonyl (C=O) groups excluding carboxylic acids is 2. The Balaban J connectivity index is 1.46. The van der Waals surface area contributed by atoms with Crippen LogP contribution in [0.2, 0.25) is 0 Å². The minimum atomic E-state index is -4.72. The minimum Gasteiger partial charge on any atom is -0.457 e. The molecule has 0 radical (unpaired) electrons. The second-order valence-corrected chi connectivity index (χ2v) is 8.62. The van der Waals surface area contributed by atoms with Gasteiger partial charge in [-0.05, 0) is 60.7 Å². The molecular weight excluding hydrogens is 518 g/mol. The van der Waals surface area contributed by atoms with Crippen molar-refractivity contribution in [1.29, 1.82) is 0 Å². The number of amides is 2. The number of benzene rings is 2. The Hall–Kier alpha value is -4.74. The molecule has 4 rings (SSSR count). The Bertz CT molecular complexity index is 1440. The summed E-state index contributed by atoms with van der Waals surface area (Å²) >= 11 is 0. The van der Waals surface area contributed by atoms with Gasteiger partial charge in [0.05, 0.1) is 17.7 Å². The molecule has 0 fully saturated rings. The van der Waals surface area contributed by atoms with Crippen LogP contribution < -0.4 is 15.4 Å². The zero-order valence-corrected chi connectivity index (χ0v) is 20.6. The summed E-state index contributed by atoms with van der Waals surface area (Å²) in [7, 11) is 1.70. The molecule has 2 amide bonds. The molecule has 1 unspecified atom stereocenters. The van der Waals surface area contributed by atoms with E-state index in [2.05, 4.69) is 20.6 Å². The number of alkyl halides is 3. The second-order valence-electron chi connectivity index (χ2n) is 8.62. The molecule has 0 saturated carbocycles. The van der Waals surface area contributed by atoms with E-state index in [0.29, 0.717) is 28.5 Å². The van der Waals surface area contributed by atoms with Crippen molar-refractivity contribution in [2.24, 2.45) is 7.05 Å². The predicted octanol–water partition coefficient (Wildman–Crippen LogP) is 5.03. The largest absolute Gasteiger partial charge is 0.457 e. The Morgan fingerprint density at radius 2 is 1.67 bits per heavy atom. The van der Waals surface area contributed by atoms with Gasteiger partial charge in [-0.15, -0.1) is 0 Å². The maximum atomic E-state index is 13.1. The number of rotatable bonds is 9. The molecule has 0 aliphatic heterocycles. The first-order valence-electron chi connectivity index (χ1n) is 11.7. The number of anilines is 1. The molecule has 0 saturated heterocycles. The van der Waals surface area contributed by atoms with Crippen LogP contribution in [0.1, 0.15) is 12.1 Å². The summed E-state index contributed by atoms with van der Waals surface area (Å²) < 4.78 is 58.4. The number of ether oxygens (including phenoxy) is 1. The highest BCUT2D eigenvalue weighted by Crippen LogP contribution is 2.26. The van der Waals surface area contributed by atoms with Crippen LogP contribution in [0.3, 0.4) is 0 Å². The van der Waals surface area contributed by atoms with Gasteiger partial charge in [-0.3, -0.25) is 9.59 Å². The lowest BCUT2D eigenvalue weighted by molar-refractivity contribution is -0.154. The molecule has 202 valence electrons. The van der Waals surface area contributed by atoms with Crippen LogP contribution in [-0.2, 0) is 23.1 Å². The normalized spacial score (nSPS) is 12.0. The van der Waals surface area contributed by atoms with Gasteiger partial charge in [-0.25, -0.2) is 14.4 Å². The molecule has 0 bridgehead atoms. The third-order valence-corrected chi connectivity index (χ3v) is 5.38. The first-order valence-corrected chi connectivity index (χ1v) is 11.7. The number of hydrogen-bond acceptors (Lipinski definition) is 5.